The van der Waals surface area contributed by atoms with Gasteiger partial charge in [0.1, 0.15) is 10.8 Å². The second-order valence-electron chi connectivity index (χ2n) is 5.14. The fourth-order valence-electron chi connectivity index (χ4n) is 2.28. The predicted molar refractivity (Wildman–Crippen MR) is 90.6 cm³/mol. The molecule has 0 aliphatic heterocycles. The van der Waals surface area contributed by atoms with Crippen molar-refractivity contribution in [1.82, 2.24) is 0 Å². The molecular weight excluding hydrogens is 332 g/mol. The Morgan fingerprint density at radius 1 is 1.04 bits per heavy atom. The molecule has 2 aromatic carbocycles. The minimum atomic E-state index is -3.43. The second kappa shape index (κ2) is 6.23. The first-order valence-electron chi connectivity index (χ1n) is 6.94. The number of carbonyl (C=O) groups excluding carboxylic acids is 1. The maximum absolute atomic E-state index is 12.5. The van der Waals surface area contributed by atoms with E-state index in [9.17, 15) is 13.2 Å². The van der Waals surface area contributed by atoms with Crippen LogP contribution in [0.2, 0.25) is 0 Å². The summed E-state index contributed by atoms with van der Waals surface area (Å²) in [6, 6.07) is 15.5. The van der Waals surface area contributed by atoms with Gasteiger partial charge >= 0.3 is 0 Å². The zero-order valence-corrected chi connectivity index (χ0v) is 13.7. The molecule has 1 heterocycles. The van der Waals surface area contributed by atoms with Crippen molar-refractivity contribution >= 4 is 37.0 Å². The molecule has 0 radical (unpaired) electrons. The van der Waals surface area contributed by atoms with E-state index in [0.717, 1.165) is 10.1 Å². The summed E-state index contributed by atoms with van der Waals surface area (Å²) in [5.74, 6) is -0.503. The van der Waals surface area contributed by atoms with Crippen molar-refractivity contribution in [3.05, 3.63) is 65.7 Å². The second-order valence-corrected chi connectivity index (χ2v) is 8.44. The number of aliphatic hydroxyl groups excluding tert-OH is 1. The largest absolute Gasteiger partial charge is 0.388 e. The quantitative estimate of drug-likeness (QED) is 0.721. The van der Waals surface area contributed by atoms with Gasteiger partial charge in [0, 0.05) is 10.3 Å². The molecule has 3 aromatic rings. The molecule has 0 amide bonds. The van der Waals surface area contributed by atoms with Gasteiger partial charge in [-0.25, -0.2) is 8.42 Å². The Morgan fingerprint density at radius 3 is 2.39 bits per heavy atom. The molecule has 3 rings (SSSR count). The molecule has 1 N–H and O–H groups in total. The Kier molecular flexibility index (Phi) is 4.30. The molecular formula is C17H14O4S2. The lowest BCUT2D eigenvalue weighted by molar-refractivity contribution is 0.0903. The highest BCUT2D eigenvalue weighted by Gasteiger charge is 2.18. The number of sulfone groups is 1. The lowest BCUT2D eigenvalue weighted by atomic mass is 10.1. The Hall–Kier alpha value is -2.02. The smallest absolute Gasteiger partial charge is 0.191 e. The highest BCUT2D eigenvalue weighted by molar-refractivity contribution is 7.92. The van der Waals surface area contributed by atoms with Gasteiger partial charge in [-0.15, -0.1) is 11.3 Å². The minimum absolute atomic E-state index is 0.118. The first kappa shape index (κ1) is 15.9. The first-order chi connectivity index (χ1) is 11.0. The van der Waals surface area contributed by atoms with Crippen molar-refractivity contribution < 1.29 is 18.3 Å². The number of hydrogen-bond donors (Lipinski definition) is 1. The van der Waals surface area contributed by atoms with Crippen molar-refractivity contribution in [2.75, 3.05) is 6.61 Å². The molecule has 0 fully saturated rings. The Labute approximate surface area is 137 Å². The minimum Gasteiger partial charge on any atom is -0.388 e. The summed E-state index contributed by atoms with van der Waals surface area (Å²) in [7, 11) is -3.43. The highest BCUT2D eigenvalue weighted by Crippen LogP contribution is 2.30. The van der Waals surface area contributed by atoms with Crippen molar-refractivity contribution in [1.29, 1.82) is 0 Å². The summed E-state index contributed by atoms with van der Waals surface area (Å²) < 4.78 is 26.4. The fraction of sp³-hybridized carbons (Fsp3) is 0.118. The van der Waals surface area contributed by atoms with Gasteiger partial charge in [-0.3, -0.25) is 4.79 Å². The van der Waals surface area contributed by atoms with Gasteiger partial charge in [-0.05, 0) is 23.1 Å². The third-order valence-corrected chi connectivity index (χ3v) is 6.85. The van der Waals surface area contributed by atoms with Gasteiger partial charge in [0.25, 0.3) is 0 Å². The van der Waals surface area contributed by atoms with Crippen LogP contribution in [0.25, 0.3) is 10.1 Å². The van der Waals surface area contributed by atoms with Crippen LogP contribution in [0, 0.1) is 0 Å². The zero-order valence-electron chi connectivity index (χ0n) is 12.1. The van der Waals surface area contributed by atoms with Crippen LogP contribution >= 0.6 is 11.3 Å². The van der Waals surface area contributed by atoms with Crippen molar-refractivity contribution in [3.63, 3.8) is 0 Å². The Morgan fingerprint density at radius 2 is 1.74 bits per heavy atom. The number of fused-ring (bicyclic) bond motifs is 1. The molecule has 0 aliphatic rings. The molecule has 4 nitrogen and oxygen atoms in total. The van der Waals surface area contributed by atoms with E-state index in [1.165, 1.54) is 23.5 Å². The SMILES string of the molecule is O=C(CO)c1ccc(CS(=O)(=O)c2cc3ccccc3s2)cc1. The molecule has 0 aliphatic carbocycles. The number of carbonyl (C=O) groups is 1. The van der Waals surface area contributed by atoms with E-state index in [2.05, 4.69) is 0 Å². The lowest BCUT2D eigenvalue weighted by Crippen LogP contribution is -2.06. The number of aliphatic hydroxyl groups is 1. The molecule has 23 heavy (non-hydrogen) atoms. The van der Waals surface area contributed by atoms with Crippen LogP contribution in [0.4, 0.5) is 0 Å². The van der Waals surface area contributed by atoms with Crippen molar-refractivity contribution in [2.45, 2.75) is 9.96 Å². The van der Waals surface area contributed by atoms with Gasteiger partial charge in [0.2, 0.25) is 0 Å². The van der Waals surface area contributed by atoms with Crippen LogP contribution in [0.5, 0.6) is 0 Å². The average molecular weight is 346 g/mol. The fourth-order valence-corrected chi connectivity index (χ4v) is 5.11. The van der Waals surface area contributed by atoms with Gasteiger partial charge in [0.15, 0.2) is 15.6 Å². The van der Waals surface area contributed by atoms with E-state index in [4.69, 9.17) is 5.11 Å². The van der Waals surface area contributed by atoms with Crippen molar-refractivity contribution in [3.8, 4) is 0 Å². The maximum atomic E-state index is 12.5. The van der Waals surface area contributed by atoms with E-state index >= 15 is 0 Å². The Bertz CT molecular complexity index is 921. The summed E-state index contributed by atoms with van der Waals surface area (Å²) in [5.41, 5.74) is 0.979. The molecule has 0 saturated carbocycles. The van der Waals surface area contributed by atoms with E-state index in [1.807, 2.05) is 24.3 Å². The number of thiophene rings is 1. The average Bonchev–Trinajstić information content (AvgIpc) is 2.99. The highest BCUT2D eigenvalue weighted by atomic mass is 32.2. The molecule has 0 unspecified atom stereocenters. The van der Waals surface area contributed by atoms with Gasteiger partial charge < -0.3 is 5.11 Å². The third-order valence-electron chi connectivity index (χ3n) is 3.49. The summed E-state index contributed by atoms with van der Waals surface area (Å²) in [4.78, 5) is 11.4. The van der Waals surface area contributed by atoms with Crippen LogP contribution in [-0.4, -0.2) is 25.9 Å². The van der Waals surface area contributed by atoms with Crippen LogP contribution in [-0.2, 0) is 15.6 Å². The summed E-state index contributed by atoms with van der Waals surface area (Å²) in [5, 5.41) is 9.73. The van der Waals surface area contributed by atoms with E-state index in [0.29, 0.717) is 15.3 Å². The summed E-state index contributed by atoms with van der Waals surface area (Å²) >= 11 is 1.26. The molecule has 0 bridgehead atoms. The number of ketones is 1. The van der Waals surface area contributed by atoms with Crippen molar-refractivity contribution in [2.24, 2.45) is 0 Å². The van der Waals surface area contributed by atoms with E-state index < -0.39 is 16.4 Å². The molecule has 118 valence electrons. The van der Waals surface area contributed by atoms with E-state index in [-0.39, 0.29) is 11.5 Å². The molecule has 0 spiro atoms. The molecule has 0 atom stereocenters. The molecule has 6 heteroatoms. The predicted octanol–water partition coefficient (Wildman–Crippen LogP) is 3.05. The van der Waals surface area contributed by atoms with Gasteiger partial charge in [0.05, 0.1) is 5.75 Å². The number of Topliss-reactive ketones (excluding diaryl/α,β-unsaturated/α-hetero) is 1. The van der Waals surface area contributed by atoms with Crippen LogP contribution in [0.15, 0.2) is 58.8 Å². The number of rotatable bonds is 5. The third kappa shape index (κ3) is 3.34. The standard InChI is InChI=1S/C17H14O4S2/c18-10-15(19)13-7-5-12(6-8-13)11-23(20,21)17-9-14-3-1-2-4-16(14)22-17/h1-9,18H,10-11H2. The topological polar surface area (TPSA) is 71.4 Å². The van der Waals surface area contributed by atoms with Gasteiger partial charge in [-0.1, -0.05) is 42.5 Å². The lowest BCUT2D eigenvalue weighted by Gasteiger charge is -2.03. The molecule has 0 saturated heterocycles. The van der Waals surface area contributed by atoms with Crippen LogP contribution in [0.1, 0.15) is 15.9 Å². The summed E-state index contributed by atoms with van der Waals surface area (Å²) in [6.45, 7) is -0.556. The van der Waals surface area contributed by atoms with E-state index in [1.54, 1.807) is 18.2 Å². The molecule has 1 aromatic heterocycles. The first-order valence-corrected chi connectivity index (χ1v) is 9.41. The number of benzene rings is 2. The van der Waals surface area contributed by atoms with Crippen LogP contribution in [0.3, 0.4) is 0 Å². The monoisotopic (exact) mass is 346 g/mol. The number of hydrogen-bond acceptors (Lipinski definition) is 5. The normalized spacial score (nSPS) is 11.7. The Balaban J connectivity index is 1.87. The zero-order chi connectivity index (χ0) is 16.4. The van der Waals surface area contributed by atoms with Gasteiger partial charge in [-0.2, -0.15) is 0 Å². The maximum Gasteiger partial charge on any atom is 0.191 e. The van der Waals surface area contributed by atoms with Crippen LogP contribution < -0.4 is 0 Å². The summed E-state index contributed by atoms with van der Waals surface area (Å²) in [6.07, 6.45) is 0.